The maximum Gasteiger partial charge on any atom is 0.435 e. The first-order valence-electron chi connectivity index (χ1n) is 1.71. The molecular weight excluding hydrogens is 78.8 g/mol. The van der Waals surface area contributed by atoms with Gasteiger partial charge < -0.3 is 9.68 Å². The molecule has 2 nitrogen and oxygen atoms in total. The number of rotatable bonds is 3. The third-order valence-electron chi connectivity index (χ3n) is 0.327. The normalized spacial score (nSPS) is 7.50. The van der Waals surface area contributed by atoms with Crippen LogP contribution in [0, 0.1) is 0 Å². The first-order valence-corrected chi connectivity index (χ1v) is 1.71. The average molecular weight is 85.9 g/mol. The monoisotopic (exact) mass is 86.1 g/mol. The van der Waals surface area contributed by atoms with Gasteiger partial charge in [0.15, 0.2) is 0 Å². The van der Waals surface area contributed by atoms with Crippen LogP contribution in [0.2, 0.25) is 0 Å². The van der Waals surface area contributed by atoms with Gasteiger partial charge >= 0.3 is 7.69 Å². The zero-order valence-corrected chi connectivity index (χ0v) is 3.55. The van der Waals surface area contributed by atoms with Crippen LogP contribution in [0.4, 0.5) is 0 Å². The van der Waals surface area contributed by atoms with E-state index in [-0.39, 0.29) is 7.69 Å². The van der Waals surface area contributed by atoms with Gasteiger partial charge in [-0.15, -0.1) is 6.58 Å². The molecule has 0 aliphatic heterocycles. The summed E-state index contributed by atoms with van der Waals surface area (Å²) in [5.41, 5.74) is 0. The molecule has 0 aliphatic rings. The lowest BCUT2D eigenvalue weighted by Crippen LogP contribution is -1.94. The Kier molecular flexibility index (Phi) is 4.51. The quantitative estimate of drug-likeness (QED) is 0.283. The summed E-state index contributed by atoms with van der Waals surface area (Å²) in [5.74, 6) is 0. The Hall–Kier alpha value is -0.275. The van der Waals surface area contributed by atoms with Gasteiger partial charge in [0.25, 0.3) is 0 Å². The highest BCUT2D eigenvalue weighted by molar-refractivity contribution is 6.15. The van der Waals surface area contributed by atoms with Gasteiger partial charge in [-0.05, 0) is 0 Å². The van der Waals surface area contributed by atoms with Gasteiger partial charge in [-0.1, -0.05) is 6.08 Å². The maximum atomic E-state index is 7.93. The molecule has 6 heavy (non-hydrogen) atoms. The fourth-order valence-corrected chi connectivity index (χ4v) is 0.136. The summed E-state index contributed by atoms with van der Waals surface area (Å²) in [6, 6.07) is 0. The van der Waals surface area contributed by atoms with Crippen LogP contribution < -0.4 is 0 Å². The summed E-state index contributed by atoms with van der Waals surface area (Å²) in [7, 11) is -0.216. The zero-order chi connectivity index (χ0) is 4.83. The van der Waals surface area contributed by atoms with E-state index in [0.717, 1.165) is 0 Å². The van der Waals surface area contributed by atoms with Gasteiger partial charge in [-0.25, -0.2) is 0 Å². The van der Waals surface area contributed by atoms with Crippen LogP contribution in [0.15, 0.2) is 12.7 Å². The molecule has 0 aliphatic carbocycles. The van der Waals surface area contributed by atoms with E-state index in [0.29, 0.717) is 6.61 Å². The van der Waals surface area contributed by atoms with Crippen LogP contribution in [-0.2, 0) is 4.65 Å². The zero-order valence-electron chi connectivity index (χ0n) is 3.55. The first-order chi connectivity index (χ1) is 2.91. The van der Waals surface area contributed by atoms with Crippen molar-refractivity contribution in [3.8, 4) is 0 Å². The molecule has 0 rings (SSSR count). The van der Waals surface area contributed by atoms with E-state index in [1.54, 1.807) is 6.08 Å². The molecule has 0 aromatic rings. The molecule has 3 heteroatoms. The fourth-order valence-electron chi connectivity index (χ4n) is 0.136. The fraction of sp³-hybridized carbons (Fsp3) is 0.333. The lowest BCUT2D eigenvalue weighted by atomic mass is 10.4. The standard InChI is InChI=1S/C3H7BO2/c1-2-3-6-4-5/h2,4-5H,1,3H2. The Morgan fingerprint density at radius 1 is 2.00 bits per heavy atom. The molecule has 0 heterocycles. The van der Waals surface area contributed by atoms with Crippen molar-refractivity contribution in [2.45, 2.75) is 0 Å². The first kappa shape index (κ1) is 5.72. The summed E-state index contributed by atoms with van der Waals surface area (Å²) in [5, 5.41) is 7.93. The van der Waals surface area contributed by atoms with Gasteiger partial charge in [0.2, 0.25) is 0 Å². The van der Waals surface area contributed by atoms with E-state index < -0.39 is 0 Å². The van der Waals surface area contributed by atoms with E-state index >= 15 is 0 Å². The van der Waals surface area contributed by atoms with Crippen LogP contribution in [0.5, 0.6) is 0 Å². The topological polar surface area (TPSA) is 29.5 Å². The summed E-state index contributed by atoms with van der Waals surface area (Å²) < 4.78 is 4.42. The summed E-state index contributed by atoms with van der Waals surface area (Å²) in [6.07, 6.45) is 1.58. The lowest BCUT2D eigenvalue weighted by Gasteiger charge is -1.85. The minimum absolute atomic E-state index is 0.216. The SMILES string of the molecule is C=CCOBO. The van der Waals surface area contributed by atoms with Gasteiger partial charge in [0.1, 0.15) is 0 Å². The molecule has 0 spiro atoms. The van der Waals surface area contributed by atoms with Crippen molar-refractivity contribution in [1.82, 2.24) is 0 Å². The minimum atomic E-state index is -0.216. The lowest BCUT2D eigenvalue weighted by molar-refractivity contribution is 0.321. The van der Waals surface area contributed by atoms with E-state index in [1.807, 2.05) is 0 Å². The van der Waals surface area contributed by atoms with Gasteiger partial charge in [0.05, 0.1) is 0 Å². The summed E-state index contributed by atoms with van der Waals surface area (Å²) in [4.78, 5) is 0. The van der Waals surface area contributed by atoms with E-state index in [2.05, 4.69) is 11.2 Å². The third kappa shape index (κ3) is 3.72. The largest absolute Gasteiger partial charge is 0.435 e. The molecule has 0 atom stereocenters. The second-order valence-corrected chi connectivity index (χ2v) is 0.789. The highest BCUT2D eigenvalue weighted by Crippen LogP contribution is 1.64. The van der Waals surface area contributed by atoms with Crippen molar-refractivity contribution in [3.63, 3.8) is 0 Å². The second-order valence-electron chi connectivity index (χ2n) is 0.789. The van der Waals surface area contributed by atoms with Gasteiger partial charge in [-0.3, -0.25) is 0 Å². The average Bonchev–Trinajstić information content (AvgIpc) is 1.61. The molecule has 0 aromatic heterocycles. The molecule has 0 saturated heterocycles. The Balaban J connectivity index is 2.49. The molecule has 1 N–H and O–H groups in total. The summed E-state index contributed by atoms with van der Waals surface area (Å²) >= 11 is 0. The number of hydrogen-bond donors (Lipinski definition) is 1. The molecule has 0 saturated carbocycles. The van der Waals surface area contributed by atoms with Crippen LogP contribution in [0.25, 0.3) is 0 Å². The Labute approximate surface area is 37.7 Å². The summed E-state index contributed by atoms with van der Waals surface area (Å²) in [6.45, 7) is 3.79. The minimum Gasteiger partial charge on any atom is -0.430 e. The van der Waals surface area contributed by atoms with Crippen molar-refractivity contribution in [2.24, 2.45) is 0 Å². The van der Waals surface area contributed by atoms with E-state index in [9.17, 15) is 0 Å². The van der Waals surface area contributed by atoms with Crippen LogP contribution in [0.3, 0.4) is 0 Å². The molecule has 0 amide bonds. The highest BCUT2D eigenvalue weighted by Gasteiger charge is 1.74. The van der Waals surface area contributed by atoms with Crippen molar-refractivity contribution in [1.29, 1.82) is 0 Å². The molecule has 0 bridgehead atoms. The maximum absolute atomic E-state index is 7.93. The second kappa shape index (κ2) is 4.72. The van der Waals surface area contributed by atoms with Gasteiger partial charge in [0, 0.05) is 6.61 Å². The van der Waals surface area contributed by atoms with Crippen molar-refractivity contribution in [3.05, 3.63) is 12.7 Å². The predicted octanol–water partition coefficient (Wildman–Crippen LogP) is -0.552. The molecule has 34 valence electrons. The Bertz CT molecular complexity index is 37.8. The smallest absolute Gasteiger partial charge is 0.430 e. The highest BCUT2D eigenvalue weighted by atomic mass is 16.5. The van der Waals surface area contributed by atoms with E-state index in [1.165, 1.54) is 0 Å². The van der Waals surface area contributed by atoms with E-state index in [4.69, 9.17) is 5.02 Å². The number of hydrogen-bond acceptors (Lipinski definition) is 2. The predicted molar refractivity (Wildman–Crippen MR) is 25.5 cm³/mol. The Morgan fingerprint density at radius 2 is 2.67 bits per heavy atom. The van der Waals surface area contributed by atoms with Crippen LogP contribution >= 0.6 is 0 Å². The Morgan fingerprint density at radius 3 is 2.83 bits per heavy atom. The molecule has 0 fully saturated rings. The molecule has 0 unspecified atom stereocenters. The molecule has 0 radical (unpaired) electrons. The molecular formula is C3H7BO2. The van der Waals surface area contributed by atoms with Gasteiger partial charge in [-0.2, -0.15) is 0 Å². The van der Waals surface area contributed by atoms with Crippen molar-refractivity contribution < 1.29 is 9.68 Å². The van der Waals surface area contributed by atoms with Crippen LogP contribution in [0.1, 0.15) is 0 Å². The van der Waals surface area contributed by atoms with Crippen LogP contribution in [-0.4, -0.2) is 19.3 Å². The third-order valence-corrected chi connectivity index (χ3v) is 0.327. The molecule has 0 aromatic carbocycles. The van der Waals surface area contributed by atoms with Crippen molar-refractivity contribution >= 4 is 7.69 Å². The van der Waals surface area contributed by atoms with Crippen molar-refractivity contribution in [2.75, 3.05) is 6.61 Å².